The molecule has 1 saturated carbocycles. The van der Waals surface area contributed by atoms with Crippen molar-refractivity contribution in [3.63, 3.8) is 0 Å². The van der Waals surface area contributed by atoms with Gasteiger partial charge in [0.25, 0.3) is 0 Å². The normalized spacial score (nSPS) is 23.7. The quantitative estimate of drug-likeness (QED) is 0.855. The first-order chi connectivity index (χ1) is 12.5. The molecule has 1 aromatic heterocycles. The molecule has 2 fully saturated rings. The molecule has 0 unspecified atom stereocenters. The van der Waals surface area contributed by atoms with E-state index in [1.807, 2.05) is 19.1 Å². The van der Waals surface area contributed by atoms with Crippen LogP contribution in [0.15, 0.2) is 24.3 Å². The molecule has 1 aromatic carbocycles. The number of carbonyl (C=O) groups excluding carboxylic acids is 2. The summed E-state index contributed by atoms with van der Waals surface area (Å²) in [4.78, 5) is 29.6. The monoisotopic (exact) mass is 355 g/mol. The van der Waals surface area contributed by atoms with Crippen molar-refractivity contribution in [2.45, 2.75) is 57.5 Å². The van der Waals surface area contributed by atoms with Crippen molar-refractivity contribution in [2.75, 3.05) is 5.32 Å². The van der Waals surface area contributed by atoms with E-state index < -0.39 is 0 Å². The number of carbonyl (C=O) groups is 2. The summed E-state index contributed by atoms with van der Waals surface area (Å²) >= 11 is 0. The van der Waals surface area contributed by atoms with E-state index in [9.17, 15) is 14.0 Å². The largest absolute Gasteiger partial charge is 0.382 e. The maximum Gasteiger partial charge on any atom is 0.229 e. The van der Waals surface area contributed by atoms with Crippen LogP contribution in [0.2, 0.25) is 0 Å². The Morgan fingerprint density at radius 1 is 1.12 bits per heavy atom. The first-order valence-electron chi connectivity index (χ1n) is 9.20. The minimum Gasteiger partial charge on any atom is -0.382 e. The number of aryl methyl sites for hydroxylation is 1. The van der Waals surface area contributed by atoms with E-state index in [0.717, 1.165) is 42.5 Å². The number of nitrogens with one attached hydrogen (secondary N) is 1. The third-order valence-electron chi connectivity index (χ3n) is 5.43. The van der Waals surface area contributed by atoms with Gasteiger partial charge in [0.15, 0.2) is 0 Å². The molecule has 1 aliphatic carbocycles. The van der Waals surface area contributed by atoms with Crippen LogP contribution in [0.3, 0.4) is 0 Å². The average molecular weight is 355 g/mol. The van der Waals surface area contributed by atoms with Gasteiger partial charge in [-0.3, -0.25) is 14.5 Å². The SMILES string of the molecule is Cc1cc(NC2CCC(N3C(=O)CCC3=O)CC2)c2cccc(F)c2n1. The third-order valence-corrected chi connectivity index (χ3v) is 5.43. The van der Waals surface area contributed by atoms with Crippen molar-refractivity contribution in [1.29, 1.82) is 0 Å². The van der Waals surface area contributed by atoms with Crippen LogP contribution in [-0.4, -0.2) is 33.8 Å². The molecule has 2 amide bonds. The Labute approximate surface area is 151 Å². The molecule has 4 rings (SSSR count). The Bertz CT molecular complexity index is 859. The van der Waals surface area contributed by atoms with Crippen LogP contribution in [0.1, 0.15) is 44.2 Å². The third kappa shape index (κ3) is 3.04. The summed E-state index contributed by atoms with van der Waals surface area (Å²) in [5.74, 6) is -0.376. The molecular formula is C20H22FN3O2. The van der Waals surface area contributed by atoms with Gasteiger partial charge in [-0.15, -0.1) is 0 Å². The van der Waals surface area contributed by atoms with Crippen LogP contribution in [0.25, 0.3) is 10.9 Å². The number of hydrogen-bond acceptors (Lipinski definition) is 4. The molecule has 2 aliphatic rings. The zero-order valence-corrected chi connectivity index (χ0v) is 14.8. The maximum atomic E-state index is 14.1. The number of benzene rings is 1. The van der Waals surface area contributed by atoms with E-state index >= 15 is 0 Å². The number of rotatable bonds is 3. The number of hydrogen-bond donors (Lipinski definition) is 1. The summed E-state index contributed by atoms with van der Waals surface area (Å²) in [5.41, 5.74) is 2.05. The van der Waals surface area contributed by atoms with E-state index in [4.69, 9.17) is 0 Å². The number of aromatic nitrogens is 1. The molecule has 1 saturated heterocycles. The first-order valence-corrected chi connectivity index (χ1v) is 9.20. The molecule has 0 bridgehead atoms. The fraction of sp³-hybridized carbons (Fsp3) is 0.450. The maximum absolute atomic E-state index is 14.1. The number of pyridine rings is 1. The molecule has 2 heterocycles. The summed E-state index contributed by atoms with van der Waals surface area (Å²) in [5, 5.41) is 4.31. The van der Waals surface area contributed by atoms with Crippen LogP contribution in [0.5, 0.6) is 0 Å². The highest BCUT2D eigenvalue weighted by atomic mass is 19.1. The number of nitrogens with zero attached hydrogens (tertiary/aromatic N) is 2. The highest BCUT2D eigenvalue weighted by Gasteiger charge is 2.36. The second-order valence-electron chi connectivity index (χ2n) is 7.25. The topological polar surface area (TPSA) is 62.3 Å². The van der Waals surface area contributed by atoms with Gasteiger partial charge in [0.2, 0.25) is 11.8 Å². The van der Waals surface area contributed by atoms with Crippen molar-refractivity contribution in [1.82, 2.24) is 9.88 Å². The number of likely N-dealkylation sites (tertiary alicyclic amines) is 1. The van der Waals surface area contributed by atoms with E-state index in [1.165, 1.54) is 11.0 Å². The summed E-state index contributed by atoms with van der Waals surface area (Å²) in [6, 6.07) is 7.22. The summed E-state index contributed by atoms with van der Waals surface area (Å²) < 4.78 is 14.1. The Balaban J connectivity index is 1.48. The van der Waals surface area contributed by atoms with Gasteiger partial charge in [-0.1, -0.05) is 12.1 Å². The molecule has 136 valence electrons. The highest BCUT2D eigenvalue weighted by Crippen LogP contribution is 2.31. The van der Waals surface area contributed by atoms with Gasteiger partial charge in [-0.05, 0) is 44.7 Å². The number of fused-ring (bicyclic) bond motifs is 1. The molecule has 0 atom stereocenters. The Morgan fingerprint density at radius 3 is 2.50 bits per heavy atom. The van der Waals surface area contributed by atoms with Gasteiger partial charge < -0.3 is 5.32 Å². The zero-order chi connectivity index (χ0) is 18.3. The molecule has 1 aliphatic heterocycles. The number of anilines is 1. The van der Waals surface area contributed by atoms with Gasteiger partial charge in [0, 0.05) is 41.7 Å². The van der Waals surface area contributed by atoms with Crippen molar-refractivity contribution in [3.8, 4) is 0 Å². The van der Waals surface area contributed by atoms with E-state index in [1.54, 1.807) is 6.07 Å². The predicted molar refractivity (Wildman–Crippen MR) is 97.2 cm³/mol. The minimum atomic E-state index is -0.316. The minimum absolute atomic E-state index is 0.0300. The van der Waals surface area contributed by atoms with Crippen molar-refractivity contribution < 1.29 is 14.0 Å². The molecule has 0 radical (unpaired) electrons. The fourth-order valence-corrected chi connectivity index (χ4v) is 4.16. The second kappa shape index (κ2) is 6.67. The number of para-hydroxylation sites is 1. The highest BCUT2D eigenvalue weighted by molar-refractivity contribution is 6.02. The Hall–Kier alpha value is -2.50. The number of imide groups is 1. The van der Waals surface area contributed by atoms with Crippen LogP contribution in [0, 0.1) is 12.7 Å². The van der Waals surface area contributed by atoms with Crippen LogP contribution >= 0.6 is 0 Å². The molecule has 5 nitrogen and oxygen atoms in total. The smallest absolute Gasteiger partial charge is 0.229 e. The fourth-order valence-electron chi connectivity index (χ4n) is 4.16. The number of halogens is 1. The van der Waals surface area contributed by atoms with Crippen LogP contribution in [-0.2, 0) is 9.59 Å². The molecule has 2 aromatic rings. The van der Waals surface area contributed by atoms with Crippen LogP contribution < -0.4 is 5.32 Å². The van der Waals surface area contributed by atoms with E-state index in [2.05, 4.69) is 10.3 Å². The zero-order valence-electron chi connectivity index (χ0n) is 14.8. The predicted octanol–water partition coefficient (Wildman–Crippen LogP) is 3.55. The lowest BCUT2D eigenvalue weighted by Crippen LogP contribution is -2.43. The van der Waals surface area contributed by atoms with E-state index in [-0.39, 0.29) is 29.7 Å². The summed E-state index contributed by atoms with van der Waals surface area (Å²) in [6.45, 7) is 1.86. The summed E-state index contributed by atoms with van der Waals surface area (Å²) in [7, 11) is 0. The summed E-state index contributed by atoms with van der Waals surface area (Å²) in [6.07, 6.45) is 4.08. The first kappa shape index (κ1) is 16.9. The molecule has 26 heavy (non-hydrogen) atoms. The van der Waals surface area contributed by atoms with Gasteiger partial charge in [-0.2, -0.15) is 0 Å². The lowest BCUT2D eigenvalue weighted by molar-refractivity contribution is -0.141. The van der Waals surface area contributed by atoms with Crippen molar-refractivity contribution >= 4 is 28.4 Å². The van der Waals surface area contributed by atoms with Crippen molar-refractivity contribution in [3.05, 3.63) is 35.8 Å². The standard InChI is InChI=1S/C20H22FN3O2/c1-12-11-17(15-3-2-4-16(21)20(15)22-12)23-13-5-7-14(8-6-13)24-18(25)9-10-19(24)26/h2-4,11,13-14H,5-10H2,1H3,(H,22,23). The van der Waals surface area contributed by atoms with Gasteiger partial charge in [0.05, 0.1) is 0 Å². The van der Waals surface area contributed by atoms with Crippen LogP contribution in [0.4, 0.5) is 10.1 Å². The number of amides is 2. The Kier molecular flexibility index (Phi) is 4.34. The molecular weight excluding hydrogens is 333 g/mol. The van der Waals surface area contributed by atoms with Gasteiger partial charge in [-0.25, -0.2) is 9.37 Å². The lowest BCUT2D eigenvalue weighted by atomic mass is 9.90. The second-order valence-corrected chi connectivity index (χ2v) is 7.25. The van der Waals surface area contributed by atoms with E-state index in [0.29, 0.717) is 18.4 Å². The average Bonchev–Trinajstić information content (AvgIpc) is 2.95. The molecule has 0 spiro atoms. The Morgan fingerprint density at radius 2 is 1.81 bits per heavy atom. The molecule has 1 N–H and O–H groups in total. The molecule has 6 heteroatoms. The van der Waals surface area contributed by atoms with Gasteiger partial charge >= 0.3 is 0 Å². The lowest BCUT2D eigenvalue weighted by Gasteiger charge is -2.34. The van der Waals surface area contributed by atoms with Crippen molar-refractivity contribution in [2.24, 2.45) is 0 Å². The van der Waals surface area contributed by atoms with Gasteiger partial charge in [0.1, 0.15) is 11.3 Å².